The van der Waals surface area contributed by atoms with Crippen molar-refractivity contribution in [2.45, 2.75) is 25.3 Å². The fraction of sp³-hybridized carbons (Fsp3) is 0.160. The number of halogens is 1. The Morgan fingerprint density at radius 2 is 1.40 bits per heavy atom. The maximum absolute atomic E-state index is 12.7. The van der Waals surface area contributed by atoms with Gasteiger partial charge in [0.25, 0.3) is 5.69 Å². The number of carbonyl (C=O) groups is 3. The quantitative estimate of drug-likeness (QED) is 0.185. The molecule has 0 amide bonds. The van der Waals surface area contributed by atoms with Gasteiger partial charge in [0.15, 0.2) is 5.78 Å². The number of carboxylic acid groups (broad SMARTS) is 2. The van der Waals surface area contributed by atoms with Crippen LogP contribution in [0, 0.1) is 10.1 Å². The minimum absolute atomic E-state index is 0.0186. The minimum Gasteiger partial charge on any atom is -0.481 e. The van der Waals surface area contributed by atoms with Crippen LogP contribution in [0.3, 0.4) is 0 Å². The van der Waals surface area contributed by atoms with Gasteiger partial charge in [-0.25, -0.2) is 0 Å². The van der Waals surface area contributed by atoms with E-state index in [1.807, 2.05) is 30.3 Å². The zero-order valence-corrected chi connectivity index (χ0v) is 19.2. The fourth-order valence-corrected chi connectivity index (χ4v) is 3.10. The number of nitro groups is 1. The minimum atomic E-state index is -1.08. The zero-order chi connectivity index (χ0) is 25.8. The van der Waals surface area contributed by atoms with E-state index in [4.69, 9.17) is 21.8 Å². The van der Waals surface area contributed by atoms with Crippen molar-refractivity contribution in [3.8, 4) is 0 Å². The number of aliphatic carboxylic acids is 2. The van der Waals surface area contributed by atoms with E-state index in [-0.39, 0.29) is 36.8 Å². The van der Waals surface area contributed by atoms with E-state index in [0.717, 1.165) is 5.56 Å². The Morgan fingerprint density at radius 3 is 1.89 bits per heavy atom. The number of nitro benzene ring substituents is 1. The number of carboxylic acids is 2. The molecule has 182 valence electrons. The second-order valence-electron chi connectivity index (χ2n) is 7.33. The van der Waals surface area contributed by atoms with Gasteiger partial charge in [-0.15, -0.1) is 0 Å². The first-order valence-corrected chi connectivity index (χ1v) is 10.8. The van der Waals surface area contributed by atoms with Crippen LogP contribution in [0.25, 0.3) is 0 Å². The van der Waals surface area contributed by atoms with Crippen LogP contribution < -0.4 is 5.32 Å². The van der Waals surface area contributed by atoms with Gasteiger partial charge in [-0.1, -0.05) is 41.9 Å². The van der Waals surface area contributed by atoms with Crippen molar-refractivity contribution < 1.29 is 29.5 Å². The molecular formula is C25H23ClN2O7. The molecular weight excluding hydrogens is 476 g/mol. The van der Waals surface area contributed by atoms with Crippen LogP contribution in [0.5, 0.6) is 0 Å². The molecule has 3 aromatic rings. The van der Waals surface area contributed by atoms with E-state index in [2.05, 4.69) is 5.32 Å². The van der Waals surface area contributed by atoms with Gasteiger partial charge in [0, 0.05) is 34.8 Å². The topological polar surface area (TPSA) is 147 Å². The van der Waals surface area contributed by atoms with Crippen LogP contribution in [0.15, 0.2) is 78.9 Å². The van der Waals surface area contributed by atoms with Gasteiger partial charge in [0.05, 0.1) is 23.8 Å². The SMILES string of the molecule is O=C(CC(Nc1ccc([N+](=O)[O-])cc1)c1ccccc1)c1ccc(Cl)cc1.O=C(O)CCC(=O)O. The van der Waals surface area contributed by atoms with Crippen LogP contribution in [0.2, 0.25) is 5.02 Å². The molecule has 0 heterocycles. The van der Waals surface area contributed by atoms with Gasteiger partial charge in [-0.3, -0.25) is 24.5 Å². The molecule has 9 nitrogen and oxygen atoms in total. The van der Waals surface area contributed by atoms with E-state index in [1.165, 1.54) is 12.1 Å². The number of anilines is 1. The molecule has 0 fully saturated rings. The summed E-state index contributed by atoms with van der Waals surface area (Å²) >= 11 is 5.89. The first kappa shape index (κ1) is 27.0. The van der Waals surface area contributed by atoms with Crippen molar-refractivity contribution in [1.82, 2.24) is 0 Å². The van der Waals surface area contributed by atoms with E-state index < -0.39 is 16.9 Å². The Labute approximate surface area is 206 Å². The van der Waals surface area contributed by atoms with Crippen LogP contribution in [0.1, 0.15) is 41.2 Å². The summed E-state index contributed by atoms with van der Waals surface area (Å²) in [7, 11) is 0. The molecule has 0 radical (unpaired) electrons. The summed E-state index contributed by atoms with van der Waals surface area (Å²) in [6.45, 7) is 0. The molecule has 0 aliphatic carbocycles. The maximum Gasteiger partial charge on any atom is 0.303 e. The lowest BCUT2D eigenvalue weighted by molar-refractivity contribution is -0.384. The number of benzene rings is 3. The van der Waals surface area contributed by atoms with Crippen molar-refractivity contribution in [2.75, 3.05) is 5.32 Å². The molecule has 10 heteroatoms. The Hall–Kier alpha value is -4.24. The van der Waals surface area contributed by atoms with Crippen LogP contribution >= 0.6 is 11.6 Å². The smallest absolute Gasteiger partial charge is 0.303 e. The summed E-state index contributed by atoms with van der Waals surface area (Å²) in [6.07, 6.45) is -0.354. The molecule has 0 bridgehead atoms. The summed E-state index contributed by atoms with van der Waals surface area (Å²) in [5.41, 5.74) is 2.27. The van der Waals surface area contributed by atoms with Gasteiger partial charge >= 0.3 is 11.9 Å². The lowest BCUT2D eigenvalue weighted by Gasteiger charge is -2.20. The highest BCUT2D eigenvalue weighted by atomic mass is 35.5. The molecule has 0 aliphatic heterocycles. The van der Waals surface area contributed by atoms with E-state index in [0.29, 0.717) is 16.3 Å². The molecule has 0 spiro atoms. The summed E-state index contributed by atoms with van der Waals surface area (Å²) < 4.78 is 0. The fourth-order valence-electron chi connectivity index (χ4n) is 2.97. The van der Waals surface area contributed by atoms with Gasteiger partial charge in [0.1, 0.15) is 0 Å². The Balaban J connectivity index is 0.000000466. The van der Waals surface area contributed by atoms with Crippen LogP contribution in [-0.4, -0.2) is 32.9 Å². The molecule has 0 saturated heterocycles. The number of nitrogens with one attached hydrogen (secondary N) is 1. The van der Waals surface area contributed by atoms with Crippen molar-refractivity contribution in [1.29, 1.82) is 0 Å². The molecule has 0 aromatic heterocycles. The highest BCUT2D eigenvalue weighted by molar-refractivity contribution is 6.30. The number of non-ortho nitro benzene ring substituents is 1. The van der Waals surface area contributed by atoms with E-state index in [1.54, 1.807) is 36.4 Å². The van der Waals surface area contributed by atoms with Crippen molar-refractivity contribution in [3.05, 3.63) is 105 Å². The third kappa shape index (κ3) is 9.65. The highest BCUT2D eigenvalue weighted by Gasteiger charge is 2.18. The predicted octanol–water partition coefficient (Wildman–Crippen LogP) is 5.61. The summed E-state index contributed by atoms with van der Waals surface area (Å²) in [4.78, 5) is 42.4. The number of nitrogens with zero attached hydrogens (tertiary/aromatic N) is 1. The average molecular weight is 499 g/mol. The maximum atomic E-state index is 12.7. The number of hydrogen-bond donors (Lipinski definition) is 3. The number of ketones is 1. The van der Waals surface area contributed by atoms with Crippen molar-refractivity contribution in [2.24, 2.45) is 0 Å². The van der Waals surface area contributed by atoms with E-state index >= 15 is 0 Å². The first-order valence-electron chi connectivity index (χ1n) is 10.4. The van der Waals surface area contributed by atoms with Gasteiger partial charge in [-0.2, -0.15) is 0 Å². The third-order valence-electron chi connectivity index (χ3n) is 4.73. The second-order valence-corrected chi connectivity index (χ2v) is 7.77. The van der Waals surface area contributed by atoms with Gasteiger partial charge in [-0.05, 0) is 42.0 Å². The van der Waals surface area contributed by atoms with Crippen LogP contribution in [0.4, 0.5) is 11.4 Å². The largest absolute Gasteiger partial charge is 0.481 e. The number of Topliss-reactive ketones (excluding diaryl/α,β-unsaturated/α-hetero) is 1. The van der Waals surface area contributed by atoms with E-state index in [9.17, 15) is 24.5 Å². The Kier molecular flexibility index (Phi) is 10.4. The lowest BCUT2D eigenvalue weighted by atomic mass is 9.97. The monoisotopic (exact) mass is 498 g/mol. The molecule has 3 N–H and O–H groups in total. The highest BCUT2D eigenvalue weighted by Crippen LogP contribution is 2.26. The Morgan fingerprint density at radius 1 is 0.857 bits per heavy atom. The third-order valence-corrected chi connectivity index (χ3v) is 4.98. The number of rotatable bonds is 10. The standard InChI is InChI=1S/C21H17ClN2O3.C4H6O4/c22-17-8-6-16(7-9-17)21(25)14-20(15-4-2-1-3-5-15)23-18-10-12-19(13-11-18)24(26)27;5-3(6)1-2-4(7)8/h1-13,20,23H,14H2;1-2H2,(H,5,6)(H,7,8). The first-order chi connectivity index (χ1) is 16.7. The number of carbonyl (C=O) groups excluding carboxylic acids is 1. The summed E-state index contributed by atoms with van der Waals surface area (Å²) in [5, 5.41) is 30.5. The zero-order valence-electron chi connectivity index (χ0n) is 18.5. The van der Waals surface area contributed by atoms with Gasteiger partial charge < -0.3 is 15.5 Å². The number of hydrogen-bond acceptors (Lipinski definition) is 6. The molecule has 1 atom stereocenters. The average Bonchev–Trinajstić information content (AvgIpc) is 2.84. The van der Waals surface area contributed by atoms with Crippen molar-refractivity contribution >= 4 is 40.7 Å². The molecule has 35 heavy (non-hydrogen) atoms. The predicted molar refractivity (Wildman–Crippen MR) is 131 cm³/mol. The lowest BCUT2D eigenvalue weighted by Crippen LogP contribution is -2.15. The summed E-state index contributed by atoms with van der Waals surface area (Å²) in [6, 6.07) is 22.3. The Bertz CT molecular complexity index is 1140. The molecule has 1 unspecified atom stereocenters. The van der Waals surface area contributed by atoms with Crippen molar-refractivity contribution in [3.63, 3.8) is 0 Å². The van der Waals surface area contributed by atoms with Crippen LogP contribution in [-0.2, 0) is 9.59 Å². The summed E-state index contributed by atoms with van der Waals surface area (Å²) in [5.74, 6) is -2.17. The van der Waals surface area contributed by atoms with Gasteiger partial charge in [0.2, 0.25) is 0 Å². The molecule has 0 saturated carbocycles. The second kappa shape index (κ2) is 13.5. The molecule has 3 aromatic carbocycles. The molecule has 0 aliphatic rings. The molecule has 3 rings (SSSR count). The normalized spacial score (nSPS) is 10.9.